The molecule has 4 bridgehead atoms. The van der Waals surface area contributed by atoms with Crippen LogP contribution in [0.15, 0.2) is 58.3 Å². The van der Waals surface area contributed by atoms with Gasteiger partial charge in [-0.05, 0) is 101 Å². The summed E-state index contributed by atoms with van der Waals surface area (Å²) >= 11 is 12.0. The number of amides is 1. The SMILES string of the molecule is C.C1CC2CCC1N2.Cl.O=C(O)[C@H]1CCCN(S(=O)(=O)c2ccccc2Cl)C1.O=C([C@H]1CCCN(S(=O)(=O)c2ccccc2Cl)C1)N1C2CCC1CC2. The Labute approximate surface area is 331 Å². The number of nitrogens with zero attached hydrogens (tertiary/aromatic N) is 3. The highest BCUT2D eigenvalue weighted by molar-refractivity contribution is 7.89. The lowest BCUT2D eigenvalue weighted by Crippen LogP contribution is -2.48. The van der Waals surface area contributed by atoms with Gasteiger partial charge in [-0.1, -0.05) is 54.9 Å². The van der Waals surface area contributed by atoms with Crippen LogP contribution < -0.4 is 5.32 Å². The van der Waals surface area contributed by atoms with Gasteiger partial charge in [0.15, 0.2) is 0 Å². The van der Waals surface area contributed by atoms with Gasteiger partial charge in [-0.15, -0.1) is 12.4 Å². The topological polar surface area (TPSA) is 144 Å². The number of piperidine rings is 2. The first-order chi connectivity index (χ1) is 24.4. The number of rotatable bonds is 6. The van der Waals surface area contributed by atoms with E-state index in [1.807, 2.05) is 0 Å². The molecule has 2 aromatic rings. The van der Waals surface area contributed by atoms with Crippen LogP contribution in [0, 0.1) is 11.8 Å². The van der Waals surface area contributed by atoms with Crippen LogP contribution in [-0.2, 0) is 29.6 Å². The van der Waals surface area contributed by atoms with Gasteiger partial charge in [-0.2, -0.15) is 8.61 Å². The first-order valence-electron chi connectivity index (χ1n) is 18.2. The Morgan fingerprint density at radius 2 is 1.04 bits per heavy atom. The van der Waals surface area contributed by atoms with Crippen molar-refractivity contribution in [2.24, 2.45) is 11.8 Å². The normalized spacial score (nSPS) is 28.1. The van der Waals surface area contributed by atoms with Crippen LogP contribution in [0.1, 0.15) is 84.5 Å². The van der Waals surface area contributed by atoms with E-state index in [-0.39, 0.29) is 64.6 Å². The fourth-order valence-corrected chi connectivity index (χ4v) is 12.6. The number of carboxylic acid groups (broad SMARTS) is 1. The number of nitrogens with one attached hydrogen (secondary N) is 1. The number of aliphatic carboxylic acids is 1. The van der Waals surface area contributed by atoms with Gasteiger partial charge in [0, 0.05) is 50.3 Å². The Balaban J connectivity index is 0.000000197. The monoisotopic (exact) mass is 834 g/mol. The van der Waals surface area contributed by atoms with E-state index >= 15 is 0 Å². The highest BCUT2D eigenvalue weighted by Crippen LogP contribution is 2.40. The summed E-state index contributed by atoms with van der Waals surface area (Å²) in [6.07, 6.45) is 12.7. The van der Waals surface area contributed by atoms with E-state index in [1.165, 1.54) is 52.5 Å². The lowest BCUT2D eigenvalue weighted by Gasteiger charge is -2.34. The maximum atomic E-state index is 13.0. The van der Waals surface area contributed by atoms with Crippen LogP contribution >= 0.6 is 35.6 Å². The molecule has 0 radical (unpaired) electrons. The number of hydrogen-bond donors (Lipinski definition) is 2. The van der Waals surface area contributed by atoms with Crippen molar-refractivity contribution in [1.29, 1.82) is 0 Å². The van der Waals surface area contributed by atoms with Crippen molar-refractivity contribution < 1.29 is 31.5 Å². The molecular weight excluding hydrogens is 783 g/mol. The van der Waals surface area contributed by atoms with Crippen LogP contribution in [0.4, 0.5) is 0 Å². The summed E-state index contributed by atoms with van der Waals surface area (Å²) in [6, 6.07) is 15.3. The molecule has 6 aliphatic rings. The Morgan fingerprint density at radius 3 is 1.42 bits per heavy atom. The Kier molecular flexibility index (Phi) is 15.5. The van der Waals surface area contributed by atoms with E-state index in [0.717, 1.165) is 44.2 Å². The first-order valence-corrected chi connectivity index (χ1v) is 21.8. The zero-order chi connectivity index (χ0) is 36.3. The molecule has 8 rings (SSSR count). The molecule has 53 heavy (non-hydrogen) atoms. The predicted octanol–water partition coefficient (Wildman–Crippen LogP) is 6.68. The molecule has 0 aromatic heterocycles. The molecular formula is C37H53Cl3N4O7S2. The number of hydrogen-bond acceptors (Lipinski definition) is 7. The fourth-order valence-electron chi connectivity index (χ4n) is 8.55. The second kappa shape index (κ2) is 18.8. The van der Waals surface area contributed by atoms with Gasteiger partial charge < -0.3 is 15.3 Å². The van der Waals surface area contributed by atoms with Gasteiger partial charge in [0.05, 0.1) is 21.9 Å². The van der Waals surface area contributed by atoms with Crippen LogP contribution in [-0.4, -0.2) is 97.7 Å². The minimum absolute atomic E-state index is 0. The average molecular weight is 836 g/mol. The third-order valence-corrected chi connectivity index (χ3v) is 16.0. The predicted molar refractivity (Wildman–Crippen MR) is 210 cm³/mol. The average Bonchev–Trinajstić information content (AvgIpc) is 3.96. The quantitative estimate of drug-likeness (QED) is 0.328. The van der Waals surface area contributed by atoms with Crippen molar-refractivity contribution in [2.75, 3.05) is 26.2 Å². The number of fused-ring (bicyclic) bond motifs is 4. The Bertz CT molecular complexity index is 1760. The minimum atomic E-state index is -3.72. The summed E-state index contributed by atoms with van der Waals surface area (Å²) in [5.74, 6) is -1.68. The largest absolute Gasteiger partial charge is 0.481 e. The van der Waals surface area contributed by atoms with E-state index in [1.54, 1.807) is 30.3 Å². The summed E-state index contributed by atoms with van der Waals surface area (Å²) in [6.45, 7) is 1.05. The lowest BCUT2D eigenvalue weighted by atomic mass is 9.98. The molecule has 0 aliphatic carbocycles. The zero-order valence-electron chi connectivity index (χ0n) is 29.1. The minimum Gasteiger partial charge on any atom is -0.481 e. The lowest BCUT2D eigenvalue weighted by molar-refractivity contribution is -0.143. The molecule has 6 fully saturated rings. The van der Waals surface area contributed by atoms with Gasteiger partial charge in [-0.25, -0.2) is 16.8 Å². The van der Waals surface area contributed by atoms with Crippen molar-refractivity contribution in [3.63, 3.8) is 0 Å². The van der Waals surface area contributed by atoms with Gasteiger partial charge in [-0.3, -0.25) is 9.59 Å². The third kappa shape index (κ3) is 9.89. The van der Waals surface area contributed by atoms with Crippen molar-refractivity contribution in [1.82, 2.24) is 18.8 Å². The molecule has 0 saturated carbocycles. The Morgan fingerprint density at radius 1 is 0.642 bits per heavy atom. The van der Waals surface area contributed by atoms with Crippen LogP contribution in [0.3, 0.4) is 0 Å². The highest BCUT2D eigenvalue weighted by atomic mass is 35.5. The van der Waals surface area contributed by atoms with Crippen LogP contribution in [0.25, 0.3) is 0 Å². The maximum absolute atomic E-state index is 13.0. The van der Waals surface area contributed by atoms with Crippen molar-refractivity contribution in [2.45, 2.75) is 118 Å². The first kappa shape index (κ1) is 43.8. The molecule has 0 unspecified atom stereocenters. The van der Waals surface area contributed by atoms with Crippen LogP contribution in [0.5, 0.6) is 0 Å². The van der Waals surface area contributed by atoms with Crippen molar-refractivity contribution in [3.8, 4) is 0 Å². The van der Waals surface area contributed by atoms with E-state index < -0.39 is 31.9 Å². The van der Waals surface area contributed by atoms with Gasteiger partial charge in [0.25, 0.3) is 0 Å². The number of carboxylic acids is 1. The van der Waals surface area contributed by atoms with Crippen molar-refractivity contribution >= 4 is 67.5 Å². The molecule has 2 N–H and O–H groups in total. The molecule has 16 heteroatoms. The van der Waals surface area contributed by atoms with Gasteiger partial charge in [0.1, 0.15) is 9.79 Å². The smallest absolute Gasteiger partial charge is 0.307 e. The number of carbonyl (C=O) groups is 2. The summed E-state index contributed by atoms with van der Waals surface area (Å²) < 4.78 is 53.4. The van der Waals surface area contributed by atoms with E-state index in [2.05, 4.69) is 10.2 Å². The molecule has 11 nitrogen and oxygen atoms in total. The second-order valence-corrected chi connectivity index (χ2v) is 19.2. The molecule has 296 valence electrons. The standard InChI is InChI=1S/C18H23ClN2O3S.C12H14ClNO4S.C6H11N.CH4.ClH/c19-16-5-1-2-6-17(16)25(23,24)20-11-3-4-13(12-20)18(22)21-14-7-8-15(21)10-9-14;13-10-5-1-2-6-11(10)19(17,18)14-7-3-4-9(8-14)12(15)16;1-2-6-4-3-5(1)7-6;;/h1-2,5-6,13-15H,3-4,7-12H2;1-2,5-6,9H,3-4,7-8H2,(H,15,16);5-7H,1-4H2;1H4;1H/t13-,14?,15?;9-;;;/m00.../s1. The molecule has 0 spiro atoms. The summed E-state index contributed by atoms with van der Waals surface area (Å²) in [7, 11) is -7.38. The van der Waals surface area contributed by atoms with E-state index in [4.69, 9.17) is 28.3 Å². The third-order valence-electron chi connectivity index (χ3n) is 11.3. The summed E-state index contributed by atoms with van der Waals surface area (Å²) in [4.78, 5) is 26.2. The number of carbonyl (C=O) groups excluding carboxylic acids is 1. The highest BCUT2D eigenvalue weighted by Gasteiger charge is 2.45. The van der Waals surface area contributed by atoms with Gasteiger partial charge >= 0.3 is 5.97 Å². The number of benzene rings is 2. The molecule has 6 saturated heterocycles. The molecule has 6 heterocycles. The van der Waals surface area contributed by atoms with Crippen LogP contribution in [0.2, 0.25) is 10.0 Å². The zero-order valence-corrected chi connectivity index (χ0v) is 33.1. The van der Waals surface area contributed by atoms with E-state index in [0.29, 0.717) is 44.4 Å². The summed E-state index contributed by atoms with van der Waals surface area (Å²) in [5.41, 5.74) is 0. The molecule has 1 amide bonds. The summed E-state index contributed by atoms with van der Waals surface area (Å²) in [5, 5.41) is 12.9. The van der Waals surface area contributed by atoms with E-state index in [9.17, 15) is 26.4 Å². The molecule has 2 atom stereocenters. The Hall–Kier alpha value is -1.97. The van der Waals surface area contributed by atoms with Crippen molar-refractivity contribution in [3.05, 3.63) is 58.6 Å². The number of sulfonamides is 2. The molecule has 6 aliphatic heterocycles. The van der Waals surface area contributed by atoms with Gasteiger partial charge in [0.2, 0.25) is 26.0 Å². The maximum Gasteiger partial charge on any atom is 0.307 e. The molecule has 2 aromatic carbocycles. The fraction of sp³-hybridized carbons (Fsp3) is 0.622. The second-order valence-electron chi connectivity index (χ2n) is 14.5. The number of halogens is 3.